The van der Waals surface area contributed by atoms with Gasteiger partial charge in [-0.25, -0.2) is 4.98 Å². The van der Waals surface area contributed by atoms with E-state index >= 15 is 0 Å². The van der Waals surface area contributed by atoms with Crippen LogP contribution in [0.4, 0.5) is 5.95 Å². The van der Waals surface area contributed by atoms with Crippen LogP contribution >= 0.6 is 0 Å². The van der Waals surface area contributed by atoms with E-state index in [-0.39, 0.29) is 11.7 Å². The van der Waals surface area contributed by atoms with Crippen LogP contribution in [0.3, 0.4) is 0 Å². The highest BCUT2D eigenvalue weighted by molar-refractivity contribution is 6.04. The van der Waals surface area contributed by atoms with E-state index in [1.165, 1.54) is 0 Å². The fraction of sp³-hybridized carbons (Fsp3) is 0.0588. The second-order valence-electron chi connectivity index (χ2n) is 5.21. The summed E-state index contributed by atoms with van der Waals surface area (Å²) in [4.78, 5) is 19.7. The number of carbonyl (C=O) groups excluding carboxylic acids is 1. The zero-order chi connectivity index (χ0) is 15.1. The molecule has 0 spiro atoms. The van der Waals surface area contributed by atoms with Gasteiger partial charge in [-0.2, -0.15) is 0 Å². The van der Waals surface area contributed by atoms with E-state index in [1.807, 2.05) is 49.4 Å². The molecule has 0 saturated heterocycles. The van der Waals surface area contributed by atoms with Crippen molar-refractivity contribution in [2.45, 2.75) is 6.92 Å². The van der Waals surface area contributed by atoms with Gasteiger partial charge >= 0.3 is 0 Å². The minimum Gasteiger partial charge on any atom is -0.451 e. The number of nitrogens with one attached hydrogen (secondary N) is 2. The van der Waals surface area contributed by atoms with Gasteiger partial charge in [0.1, 0.15) is 5.58 Å². The van der Waals surface area contributed by atoms with Crippen molar-refractivity contribution in [2.75, 3.05) is 5.32 Å². The Balaban J connectivity index is 1.65. The molecule has 0 radical (unpaired) electrons. The molecule has 0 aliphatic carbocycles. The number of anilines is 1. The molecule has 22 heavy (non-hydrogen) atoms. The van der Waals surface area contributed by atoms with Crippen molar-refractivity contribution in [3.8, 4) is 0 Å². The number of aryl methyl sites for hydroxylation is 1. The molecule has 2 heterocycles. The summed E-state index contributed by atoms with van der Waals surface area (Å²) in [5.41, 5.74) is 3.49. The van der Waals surface area contributed by atoms with Gasteiger partial charge in [-0.15, -0.1) is 0 Å². The SMILES string of the molecule is Cc1ccc2oc(C(=O)Nc3nc4ccccc4[nH]3)cc2c1. The van der Waals surface area contributed by atoms with Crippen molar-refractivity contribution in [3.05, 3.63) is 59.9 Å². The van der Waals surface area contributed by atoms with Crippen molar-refractivity contribution in [2.24, 2.45) is 0 Å². The van der Waals surface area contributed by atoms with Crippen molar-refractivity contribution < 1.29 is 9.21 Å². The number of benzene rings is 2. The number of fused-ring (bicyclic) bond motifs is 2. The number of hydrogen-bond acceptors (Lipinski definition) is 3. The highest BCUT2D eigenvalue weighted by atomic mass is 16.3. The Morgan fingerprint density at radius 2 is 2.05 bits per heavy atom. The molecule has 0 aliphatic heterocycles. The third-order valence-electron chi connectivity index (χ3n) is 3.52. The monoisotopic (exact) mass is 291 g/mol. The topological polar surface area (TPSA) is 70.9 Å². The number of nitrogens with zero attached hydrogens (tertiary/aromatic N) is 1. The second kappa shape index (κ2) is 4.73. The van der Waals surface area contributed by atoms with E-state index in [0.717, 1.165) is 22.0 Å². The summed E-state index contributed by atoms with van der Waals surface area (Å²) in [6.45, 7) is 2.00. The summed E-state index contributed by atoms with van der Waals surface area (Å²) in [6.07, 6.45) is 0. The minimum atomic E-state index is -0.326. The number of carbonyl (C=O) groups is 1. The maximum Gasteiger partial charge on any atom is 0.293 e. The third-order valence-corrected chi connectivity index (χ3v) is 3.52. The maximum absolute atomic E-state index is 12.3. The molecule has 5 heteroatoms. The Morgan fingerprint density at radius 3 is 2.91 bits per heavy atom. The number of amides is 1. The predicted octanol–water partition coefficient (Wildman–Crippen LogP) is 3.87. The van der Waals surface area contributed by atoms with Gasteiger partial charge in [-0.05, 0) is 37.3 Å². The summed E-state index contributed by atoms with van der Waals surface area (Å²) < 4.78 is 5.58. The number of imidazole rings is 1. The molecule has 5 nitrogen and oxygen atoms in total. The highest BCUT2D eigenvalue weighted by Crippen LogP contribution is 2.21. The zero-order valence-electron chi connectivity index (χ0n) is 11.9. The third kappa shape index (κ3) is 2.13. The molecule has 1 amide bonds. The number of aromatic amines is 1. The summed E-state index contributed by atoms with van der Waals surface area (Å²) in [6, 6.07) is 15.1. The number of hydrogen-bond donors (Lipinski definition) is 2. The van der Waals surface area contributed by atoms with Crippen LogP contribution in [0, 0.1) is 6.92 Å². The van der Waals surface area contributed by atoms with Gasteiger partial charge in [0.05, 0.1) is 11.0 Å². The van der Waals surface area contributed by atoms with Gasteiger partial charge in [-0.1, -0.05) is 23.8 Å². The molecule has 0 saturated carbocycles. The number of rotatable bonds is 2. The molecule has 4 aromatic rings. The molecule has 108 valence electrons. The summed E-state index contributed by atoms with van der Waals surface area (Å²) in [5.74, 6) is 0.344. The average molecular weight is 291 g/mol. The van der Waals surface area contributed by atoms with Crippen LogP contribution in [0.5, 0.6) is 0 Å². The van der Waals surface area contributed by atoms with Gasteiger partial charge in [-0.3, -0.25) is 10.1 Å². The van der Waals surface area contributed by atoms with E-state index in [2.05, 4.69) is 15.3 Å². The van der Waals surface area contributed by atoms with E-state index in [9.17, 15) is 4.79 Å². The Labute approximate surface area is 126 Å². The first-order valence-corrected chi connectivity index (χ1v) is 6.95. The van der Waals surface area contributed by atoms with Crippen molar-refractivity contribution in [1.82, 2.24) is 9.97 Å². The minimum absolute atomic E-state index is 0.265. The van der Waals surface area contributed by atoms with Crippen molar-refractivity contribution in [3.63, 3.8) is 0 Å². The largest absolute Gasteiger partial charge is 0.451 e. The lowest BCUT2D eigenvalue weighted by Crippen LogP contribution is -2.11. The van der Waals surface area contributed by atoms with Crippen LogP contribution in [-0.4, -0.2) is 15.9 Å². The Morgan fingerprint density at radius 1 is 1.18 bits per heavy atom. The fourth-order valence-electron chi connectivity index (χ4n) is 2.46. The van der Waals surface area contributed by atoms with E-state index in [1.54, 1.807) is 6.07 Å². The highest BCUT2D eigenvalue weighted by Gasteiger charge is 2.14. The van der Waals surface area contributed by atoms with Crippen molar-refractivity contribution in [1.29, 1.82) is 0 Å². The summed E-state index contributed by atoms with van der Waals surface area (Å²) >= 11 is 0. The van der Waals surface area contributed by atoms with E-state index in [0.29, 0.717) is 11.5 Å². The Bertz CT molecular complexity index is 964. The molecule has 0 aliphatic rings. The van der Waals surface area contributed by atoms with Crippen LogP contribution in [0.15, 0.2) is 52.9 Å². The Kier molecular flexibility index (Phi) is 2.72. The summed E-state index contributed by atoms with van der Waals surface area (Å²) in [7, 11) is 0. The molecule has 0 atom stereocenters. The number of furan rings is 1. The molecule has 2 aromatic carbocycles. The lowest BCUT2D eigenvalue weighted by atomic mass is 10.2. The van der Waals surface area contributed by atoms with Gasteiger partial charge in [0.15, 0.2) is 5.76 Å². The first-order valence-electron chi connectivity index (χ1n) is 6.95. The van der Waals surface area contributed by atoms with Gasteiger partial charge < -0.3 is 9.40 Å². The van der Waals surface area contributed by atoms with Crippen LogP contribution in [-0.2, 0) is 0 Å². The summed E-state index contributed by atoms with van der Waals surface area (Å²) in [5, 5.41) is 3.64. The zero-order valence-corrected chi connectivity index (χ0v) is 11.9. The van der Waals surface area contributed by atoms with Crippen LogP contribution < -0.4 is 5.32 Å². The molecular weight excluding hydrogens is 278 g/mol. The van der Waals surface area contributed by atoms with E-state index < -0.39 is 0 Å². The first kappa shape index (κ1) is 12.6. The van der Waals surface area contributed by atoms with Gasteiger partial charge in [0.25, 0.3) is 5.91 Å². The average Bonchev–Trinajstić information content (AvgIpc) is 3.09. The van der Waals surface area contributed by atoms with E-state index in [4.69, 9.17) is 4.42 Å². The molecule has 2 aromatic heterocycles. The molecule has 2 N–H and O–H groups in total. The second-order valence-corrected chi connectivity index (χ2v) is 5.21. The number of para-hydroxylation sites is 2. The standard InChI is InChI=1S/C17H13N3O2/c1-10-6-7-14-11(8-10)9-15(22-14)16(21)20-17-18-12-4-2-3-5-13(12)19-17/h2-9H,1H3,(H2,18,19,20,21). The van der Waals surface area contributed by atoms with Gasteiger partial charge in [0, 0.05) is 5.39 Å². The Hall–Kier alpha value is -3.08. The lowest BCUT2D eigenvalue weighted by Gasteiger charge is -1.97. The molecule has 0 unspecified atom stereocenters. The van der Waals surface area contributed by atoms with Crippen LogP contribution in [0.1, 0.15) is 16.1 Å². The normalized spacial score (nSPS) is 11.1. The number of H-pyrrole nitrogens is 1. The quantitative estimate of drug-likeness (QED) is 0.589. The lowest BCUT2D eigenvalue weighted by molar-refractivity contribution is 0.0998. The van der Waals surface area contributed by atoms with Crippen LogP contribution in [0.2, 0.25) is 0 Å². The molecule has 4 rings (SSSR count). The predicted molar refractivity (Wildman–Crippen MR) is 85.0 cm³/mol. The smallest absolute Gasteiger partial charge is 0.293 e. The number of aromatic nitrogens is 2. The fourth-order valence-corrected chi connectivity index (χ4v) is 2.46. The molecule has 0 fully saturated rings. The molecule has 0 bridgehead atoms. The van der Waals surface area contributed by atoms with Crippen LogP contribution in [0.25, 0.3) is 22.0 Å². The first-order chi connectivity index (χ1) is 10.7. The maximum atomic E-state index is 12.3. The van der Waals surface area contributed by atoms with Crippen molar-refractivity contribution >= 4 is 33.9 Å². The molecular formula is C17H13N3O2. The van der Waals surface area contributed by atoms with Gasteiger partial charge in [0.2, 0.25) is 5.95 Å².